The van der Waals surface area contributed by atoms with Crippen LogP contribution in [0.1, 0.15) is 30.1 Å². The second kappa shape index (κ2) is 9.40. The van der Waals surface area contributed by atoms with Crippen molar-refractivity contribution in [2.75, 3.05) is 23.7 Å². The van der Waals surface area contributed by atoms with Gasteiger partial charge in [-0.25, -0.2) is 0 Å². The van der Waals surface area contributed by atoms with Gasteiger partial charge >= 0.3 is 0 Å². The zero-order chi connectivity index (χ0) is 22.7. The van der Waals surface area contributed by atoms with Crippen LogP contribution in [0, 0.1) is 5.92 Å². The summed E-state index contributed by atoms with van der Waals surface area (Å²) in [4.78, 5) is 38.9. The van der Waals surface area contributed by atoms with Crippen LogP contribution in [-0.2, 0) is 9.59 Å². The Bertz CT molecular complexity index is 1180. The molecule has 1 aliphatic heterocycles. The Kier molecular flexibility index (Phi) is 6.42. The lowest BCUT2D eigenvalue weighted by Gasteiger charge is -2.31. The minimum atomic E-state index is -0.197. The lowest BCUT2D eigenvalue weighted by Crippen LogP contribution is -2.41. The molecule has 0 unspecified atom stereocenters. The van der Waals surface area contributed by atoms with Crippen LogP contribution in [0.5, 0.6) is 0 Å². The van der Waals surface area contributed by atoms with Gasteiger partial charge < -0.3 is 15.5 Å². The fraction of sp³-hybridized carbons (Fsp3) is 0.240. The average Bonchev–Trinajstić information content (AvgIpc) is 2.79. The minimum Gasteiger partial charge on any atom is -0.339 e. The summed E-state index contributed by atoms with van der Waals surface area (Å²) in [6.07, 6.45) is 1.17. The molecule has 0 spiro atoms. The molecule has 0 saturated carbocycles. The number of hydrogen-bond acceptors (Lipinski definition) is 3. The monoisotopic (exact) mass is 449 g/mol. The Balaban J connectivity index is 1.37. The van der Waals surface area contributed by atoms with Gasteiger partial charge in [0.25, 0.3) is 5.91 Å². The van der Waals surface area contributed by atoms with Crippen molar-refractivity contribution in [3.8, 4) is 0 Å². The molecule has 32 heavy (non-hydrogen) atoms. The van der Waals surface area contributed by atoms with Crippen molar-refractivity contribution in [1.82, 2.24) is 4.90 Å². The van der Waals surface area contributed by atoms with Gasteiger partial charge in [0, 0.05) is 37.2 Å². The highest BCUT2D eigenvalue weighted by atomic mass is 35.5. The van der Waals surface area contributed by atoms with E-state index in [2.05, 4.69) is 10.6 Å². The van der Waals surface area contributed by atoms with Crippen LogP contribution in [0.4, 0.5) is 11.4 Å². The van der Waals surface area contributed by atoms with Gasteiger partial charge in [-0.15, -0.1) is 0 Å². The van der Waals surface area contributed by atoms with Crippen molar-refractivity contribution >= 4 is 51.5 Å². The largest absolute Gasteiger partial charge is 0.339 e. The number of piperidine rings is 1. The van der Waals surface area contributed by atoms with Crippen LogP contribution in [0.15, 0.2) is 60.7 Å². The summed E-state index contributed by atoms with van der Waals surface area (Å²) in [7, 11) is 0. The molecule has 3 aromatic carbocycles. The van der Waals surface area contributed by atoms with Crippen molar-refractivity contribution in [3.05, 3.63) is 71.2 Å². The Morgan fingerprint density at radius 1 is 0.938 bits per heavy atom. The first kappa shape index (κ1) is 21.8. The number of fused-ring (bicyclic) bond motifs is 1. The maximum atomic E-state index is 13.1. The molecule has 4 rings (SSSR count). The number of halogens is 1. The highest BCUT2D eigenvalue weighted by Gasteiger charge is 2.28. The molecule has 1 saturated heterocycles. The molecule has 3 amide bonds. The molecule has 0 bridgehead atoms. The lowest BCUT2D eigenvalue weighted by molar-refractivity contribution is -0.121. The van der Waals surface area contributed by atoms with E-state index in [4.69, 9.17) is 11.6 Å². The van der Waals surface area contributed by atoms with E-state index in [1.165, 1.54) is 6.92 Å². The van der Waals surface area contributed by atoms with Crippen molar-refractivity contribution in [2.24, 2.45) is 5.92 Å². The predicted octanol–water partition coefficient (Wildman–Crippen LogP) is 4.94. The summed E-state index contributed by atoms with van der Waals surface area (Å²) in [6, 6.07) is 18.6. The van der Waals surface area contributed by atoms with E-state index >= 15 is 0 Å². The number of nitrogens with zero attached hydrogens (tertiary/aromatic N) is 1. The maximum absolute atomic E-state index is 13.1. The maximum Gasteiger partial charge on any atom is 0.254 e. The number of nitrogens with one attached hydrogen (secondary N) is 2. The number of carbonyl (C=O) groups excluding carboxylic acids is 3. The van der Waals surface area contributed by atoms with Gasteiger partial charge in [-0.2, -0.15) is 0 Å². The molecule has 6 nitrogen and oxygen atoms in total. The summed E-state index contributed by atoms with van der Waals surface area (Å²) in [5.74, 6) is -0.506. The fourth-order valence-corrected chi connectivity index (χ4v) is 4.29. The summed E-state index contributed by atoms with van der Waals surface area (Å²) in [6.45, 7) is 2.46. The highest BCUT2D eigenvalue weighted by Crippen LogP contribution is 2.28. The van der Waals surface area contributed by atoms with E-state index in [1.807, 2.05) is 47.4 Å². The molecule has 0 radical (unpaired) electrons. The third kappa shape index (κ3) is 4.75. The number of likely N-dealkylation sites (tertiary alicyclic amines) is 1. The van der Waals surface area contributed by atoms with Gasteiger partial charge in [0.15, 0.2) is 0 Å². The smallest absolute Gasteiger partial charge is 0.254 e. The summed E-state index contributed by atoms with van der Waals surface area (Å²) in [5, 5.41) is 7.86. The van der Waals surface area contributed by atoms with E-state index in [-0.39, 0.29) is 23.6 Å². The first-order chi connectivity index (χ1) is 15.4. The average molecular weight is 450 g/mol. The second-order valence-corrected chi connectivity index (χ2v) is 8.37. The molecule has 0 aromatic heterocycles. The van der Waals surface area contributed by atoms with Gasteiger partial charge in [-0.1, -0.05) is 48.0 Å². The van der Waals surface area contributed by atoms with E-state index in [0.717, 1.165) is 10.8 Å². The van der Waals surface area contributed by atoms with E-state index in [1.54, 1.807) is 18.2 Å². The first-order valence-corrected chi connectivity index (χ1v) is 10.9. The summed E-state index contributed by atoms with van der Waals surface area (Å²) < 4.78 is 0. The molecule has 7 heteroatoms. The van der Waals surface area contributed by atoms with Gasteiger partial charge in [0.05, 0.1) is 10.7 Å². The molecule has 164 valence electrons. The number of amides is 3. The summed E-state index contributed by atoms with van der Waals surface area (Å²) in [5.41, 5.74) is 1.76. The van der Waals surface area contributed by atoms with Crippen LogP contribution in [0.3, 0.4) is 0 Å². The van der Waals surface area contributed by atoms with Gasteiger partial charge in [-0.05, 0) is 47.9 Å². The van der Waals surface area contributed by atoms with E-state index < -0.39 is 0 Å². The standard InChI is InChI=1S/C25H24ClN3O3/c1-16(30)27-19-9-10-23(22(26)15-19)28-24(31)18-11-13-29(14-12-18)25(32)21-8-4-6-17-5-2-3-7-20(17)21/h2-10,15,18H,11-14H2,1H3,(H,27,30)(H,28,31). The van der Waals surface area contributed by atoms with Crippen LogP contribution in [0.25, 0.3) is 10.8 Å². The molecular formula is C25H24ClN3O3. The fourth-order valence-electron chi connectivity index (χ4n) is 4.06. The number of anilines is 2. The van der Waals surface area contributed by atoms with Crippen LogP contribution in [0.2, 0.25) is 5.02 Å². The number of rotatable bonds is 4. The number of hydrogen-bond donors (Lipinski definition) is 2. The molecule has 3 aromatic rings. The van der Waals surface area contributed by atoms with Crippen molar-refractivity contribution in [1.29, 1.82) is 0 Å². The Morgan fingerprint density at radius 2 is 1.66 bits per heavy atom. The zero-order valence-electron chi connectivity index (χ0n) is 17.7. The van der Waals surface area contributed by atoms with Crippen molar-refractivity contribution in [2.45, 2.75) is 19.8 Å². The molecule has 0 atom stereocenters. The Labute approximate surface area is 191 Å². The number of carbonyl (C=O) groups is 3. The van der Waals surface area contributed by atoms with Gasteiger partial charge in [0.2, 0.25) is 11.8 Å². The molecule has 0 aliphatic carbocycles. The Hall–Kier alpha value is -3.38. The van der Waals surface area contributed by atoms with Crippen LogP contribution >= 0.6 is 11.6 Å². The quantitative estimate of drug-likeness (QED) is 0.592. The second-order valence-electron chi connectivity index (χ2n) is 7.96. The molecule has 1 fully saturated rings. The van der Waals surface area contributed by atoms with Gasteiger partial charge in [0.1, 0.15) is 0 Å². The van der Waals surface area contributed by atoms with Crippen molar-refractivity contribution < 1.29 is 14.4 Å². The Morgan fingerprint density at radius 3 is 2.38 bits per heavy atom. The molecule has 1 heterocycles. The normalized spacial score (nSPS) is 14.2. The topological polar surface area (TPSA) is 78.5 Å². The number of benzene rings is 3. The third-order valence-corrected chi connectivity index (χ3v) is 6.03. The third-order valence-electron chi connectivity index (χ3n) is 5.72. The summed E-state index contributed by atoms with van der Waals surface area (Å²) >= 11 is 6.26. The lowest BCUT2D eigenvalue weighted by atomic mass is 9.94. The van der Waals surface area contributed by atoms with Crippen LogP contribution in [-0.4, -0.2) is 35.7 Å². The highest BCUT2D eigenvalue weighted by molar-refractivity contribution is 6.34. The molecule has 1 aliphatic rings. The zero-order valence-corrected chi connectivity index (χ0v) is 18.5. The van der Waals surface area contributed by atoms with Crippen molar-refractivity contribution in [3.63, 3.8) is 0 Å². The van der Waals surface area contributed by atoms with E-state index in [0.29, 0.717) is 47.9 Å². The minimum absolute atomic E-state index is 0.00253. The van der Waals surface area contributed by atoms with Gasteiger partial charge in [-0.3, -0.25) is 14.4 Å². The molecule has 2 N–H and O–H groups in total. The first-order valence-electron chi connectivity index (χ1n) is 10.6. The molecular weight excluding hydrogens is 426 g/mol. The van der Waals surface area contributed by atoms with Crippen LogP contribution < -0.4 is 10.6 Å². The SMILES string of the molecule is CC(=O)Nc1ccc(NC(=O)C2CCN(C(=O)c3cccc4ccccc34)CC2)c(Cl)c1. The predicted molar refractivity (Wildman–Crippen MR) is 127 cm³/mol. The van der Waals surface area contributed by atoms with E-state index in [9.17, 15) is 14.4 Å².